The fourth-order valence-corrected chi connectivity index (χ4v) is 7.40. The first-order valence-corrected chi connectivity index (χ1v) is 9.73. The molecule has 0 N–H and O–H groups in total. The van der Waals surface area contributed by atoms with Gasteiger partial charge in [0.1, 0.15) is 0 Å². The summed E-state index contributed by atoms with van der Waals surface area (Å²) in [4.78, 5) is 0. The first-order valence-electron chi connectivity index (χ1n) is 8.78. The van der Waals surface area contributed by atoms with Crippen molar-refractivity contribution in [2.24, 2.45) is 22.7 Å². The van der Waals surface area contributed by atoms with Crippen LogP contribution in [0.15, 0.2) is 22.3 Å². The summed E-state index contributed by atoms with van der Waals surface area (Å²) in [5.41, 5.74) is 8.11. The molecule has 0 aromatic rings. The molecule has 0 saturated heterocycles. The second-order valence-corrected chi connectivity index (χ2v) is 10.6. The van der Waals surface area contributed by atoms with E-state index in [9.17, 15) is 0 Å². The van der Waals surface area contributed by atoms with Crippen LogP contribution in [0.4, 0.5) is 0 Å². The Morgan fingerprint density at radius 3 is 1.43 bits per heavy atom. The lowest BCUT2D eigenvalue weighted by molar-refractivity contribution is 0.132. The van der Waals surface area contributed by atoms with E-state index < -0.39 is 0 Å². The van der Waals surface area contributed by atoms with Crippen LogP contribution in [-0.4, -0.2) is 10.5 Å². The molecule has 2 saturated carbocycles. The summed E-state index contributed by atoms with van der Waals surface area (Å²) >= 11 is 2.31. The minimum atomic E-state index is 0.519. The standard InChI is InChI=1S/C20H30S/c1-11-15-7-13(19(15,3)4)9-17(11)21-18-10-14-8-16(12(18)2)20(14,5)6/h13-14,17-18H,7-10H2,1-6H3. The number of rotatable bonds is 2. The van der Waals surface area contributed by atoms with Gasteiger partial charge < -0.3 is 0 Å². The summed E-state index contributed by atoms with van der Waals surface area (Å²) in [6, 6.07) is 0. The van der Waals surface area contributed by atoms with E-state index in [1.54, 1.807) is 22.3 Å². The Morgan fingerprint density at radius 1 is 0.762 bits per heavy atom. The molecule has 2 fully saturated rings. The van der Waals surface area contributed by atoms with Crippen LogP contribution in [0.1, 0.15) is 67.2 Å². The molecule has 0 aromatic carbocycles. The number of hydrogen-bond acceptors (Lipinski definition) is 1. The Balaban J connectivity index is 1.55. The van der Waals surface area contributed by atoms with Gasteiger partial charge in [-0.2, -0.15) is 0 Å². The second-order valence-electron chi connectivity index (χ2n) is 9.15. The third kappa shape index (κ3) is 1.76. The molecule has 1 heteroatoms. The van der Waals surface area contributed by atoms with Crippen molar-refractivity contribution in [2.45, 2.75) is 77.7 Å². The van der Waals surface area contributed by atoms with Crippen molar-refractivity contribution < 1.29 is 0 Å². The average Bonchev–Trinajstić information content (AvgIpc) is 2.41. The molecule has 4 bridgehead atoms. The van der Waals surface area contributed by atoms with Crippen LogP contribution in [0.3, 0.4) is 0 Å². The van der Waals surface area contributed by atoms with Crippen LogP contribution >= 0.6 is 11.8 Å². The number of fused-ring (bicyclic) bond motifs is 4. The third-order valence-corrected chi connectivity index (χ3v) is 9.49. The van der Waals surface area contributed by atoms with Crippen molar-refractivity contribution >= 4 is 11.8 Å². The third-order valence-electron chi connectivity index (χ3n) is 7.74. The topological polar surface area (TPSA) is 0 Å². The Kier molecular flexibility index (Phi) is 2.90. The van der Waals surface area contributed by atoms with Gasteiger partial charge in [-0.15, -0.1) is 11.8 Å². The van der Waals surface area contributed by atoms with Crippen molar-refractivity contribution in [3.63, 3.8) is 0 Å². The zero-order chi connectivity index (χ0) is 15.2. The quantitative estimate of drug-likeness (QED) is 0.565. The molecule has 4 atom stereocenters. The van der Waals surface area contributed by atoms with Gasteiger partial charge in [-0.05, 0) is 62.2 Å². The summed E-state index contributed by atoms with van der Waals surface area (Å²) in [6.45, 7) is 14.7. The first-order chi connectivity index (χ1) is 9.73. The molecule has 116 valence electrons. The largest absolute Gasteiger partial charge is 0.146 e. The summed E-state index contributed by atoms with van der Waals surface area (Å²) in [5, 5.41) is 1.63. The molecule has 0 amide bonds. The lowest BCUT2D eigenvalue weighted by atomic mass is 9.52. The maximum Gasteiger partial charge on any atom is 0.0265 e. The predicted octanol–water partition coefficient (Wildman–Crippen LogP) is 5.99. The summed E-state index contributed by atoms with van der Waals surface area (Å²) in [6.07, 6.45) is 5.66. The predicted molar refractivity (Wildman–Crippen MR) is 93.6 cm³/mol. The molecular formula is C20H30S. The van der Waals surface area contributed by atoms with Gasteiger partial charge in [0.2, 0.25) is 0 Å². The molecule has 21 heavy (non-hydrogen) atoms. The Morgan fingerprint density at radius 2 is 1.14 bits per heavy atom. The monoisotopic (exact) mass is 302 g/mol. The SMILES string of the molecule is CC1=C2CC(CC1SC1CC3CC(=C1C)C3(C)C)C2(C)C. The van der Waals surface area contributed by atoms with Gasteiger partial charge in [-0.25, -0.2) is 0 Å². The van der Waals surface area contributed by atoms with Crippen LogP contribution in [0.2, 0.25) is 0 Å². The first kappa shape index (κ1) is 14.4. The molecule has 6 aliphatic carbocycles. The summed E-state index contributed by atoms with van der Waals surface area (Å²) < 4.78 is 0. The van der Waals surface area contributed by atoms with Gasteiger partial charge >= 0.3 is 0 Å². The fraction of sp³-hybridized carbons (Fsp3) is 0.800. The highest BCUT2D eigenvalue weighted by atomic mass is 32.2. The second kappa shape index (κ2) is 4.22. The lowest BCUT2D eigenvalue weighted by Gasteiger charge is -2.57. The van der Waals surface area contributed by atoms with E-state index in [0.29, 0.717) is 10.8 Å². The highest BCUT2D eigenvalue weighted by Gasteiger charge is 2.52. The smallest absolute Gasteiger partial charge is 0.0265 e. The highest BCUT2D eigenvalue weighted by molar-refractivity contribution is 8.00. The number of allylic oxidation sites excluding steroid dienone is 2. The molecular weight excluding hydrogens is 272 g/mol. The van der Waals surface area contributed by atoms with Crippen molar-refractivity contribution in [2.75, 3.05) is 0 Å². The molecule has 0 radical (unpaired) electrons. The van der Waals surface area contributed by atoms with Gasteiger partial charge in [0.25, 0.3) is 0 Å². The lowest BCUT2D eigenvalue weighted by Crippen LogP contribution is -2.47. The van der Waals surface area contributed by atoms with Crippen LogP contribution in [0.5, 0.6) is 0 Å². The Hall–Kier alpha value is -0.170. The average molecular weight is 303 g/mol. The molecule has 4 unspecified atom stereocenters. The number of thioether (sulfide) groups is 1. The molecule has 0 nitrogen and oxygen atoms in total. The molecule has 0 heterocycles. The van der Waals surface area contributed by atoms with Gasteiger partial charge in [0, 0.05) is 10.5 Å². The molecule has 0 spiro atoms. The van der Waals surface area contributed by atoms with Gasteiger partial charge in [-0.3, -0.25) is 0 Å². The van der Waals surface area contributed by atoms with E-state index in [2.05, 4.69) is 53.3 Å². The molecule has 6 aliphatic rings. The van der Waals surface area contributed by atoms with E-state index >= 15 is 0 Å². The van der Waals surface area contributed by atoms with E-state index in [4.69, 9.17) is 0 Å². The minimum absolute atomic E-state index is 0.519. The van der Waals surface area contributed by atoms with E-state index in [0.717, 1.165) is 22.3 Å². The summed E-state index contributed by atoms with van der Waals surface area (Å²) in [7, 11) is 0. The number of hydrogen-bond donors (Lipinski definition) is 0. The van der Waals surface area contributed by atoms with Gasteiger partial charge in [0.15, 0.2) is 0 Å². The minimum Gasteiger partial charge on any atom is -0.146 e. The van der Waals surface area contributed by atoms with Gasteiger partial charge in [-0.1, -0.05) is 50.0 Å². The zero-order valence-electron chi connectivity index (χ0n) is 14.5. The summed E-state index contributed by atoms with van der Waals surface area (Å²) in [5.74, 6) is 1.91. The van der Waals surface area contributed by atoms with Crippen LogP contribution in [0.25, 0.3) is 0 Å². The molecule has 0 aromatic heterocycles. The van der Waals surface area contributed by atoms with Crippen LogP contribution < -0.4 is 0 Å². The fourth-order valence-electron chi connectivity index (χ4n) is 5.63. The van der Waals surface area contributed by atoms with Crippen molar-refractivity contribution in [1.29, 1.82) is 0 Å². The van der Waals surface area contributed by atoms with E-state index in [1.165, 1.54) is 25.7 Å². The van der Waals surface area contributed by atoms with E-state index in [-0.39, 0.29) is 0 Å². The van der Waals surface area contributed by atoms with Crippen molar-refractivity contribution in [3.8, 4) is 0 Å². The normalized spacial score (nSPS) is 42.6. The van der Waals surface area contributed by atoms with Gasteiger partial charge in [0.05, 0.1) is 0 Å². The van der Waals surface area contributed by atoms with Crippen LogP contribution in [-0.2, 0) is 0 Å². The molecule has 6 rings (SSSR count). The van der Waals surface area contributed by atoms with Crippen LogP contribution in [0, 0.1) is 22.7 Å². The Labute approximate surface area is 134 Å². The van der Waals surface area contributed by atoms with Crippen molar-refractivity contribution in [3.05, 3.63) is 22.3 Å². The Bertz CT molecular complexity index is 510. The van der Waals surface area contributed by atoms with E-state index in [1.807, 2.05) is 0 Å². The molecule has 0 aliphatic heterocycles. The van der Waals surface area contributed by atoms with Crippen molar-refractivity contribution in [1.82, 2.24) is 0 Å². The zero-order valence-corrected chi connectivity index (χ0v) is 15.4. The maximum absolute atomic E-state index is 2.46. The highest BCUT2D eigenvalue weighted by Crippen LogP contribution is 2.63. The maximum atomic E-state index is 2.46.